The summed E-state index contributed by atoms with van der Waals surface area (Å²) in [5.74, 6) is 0.680. The summed E-state index contributed by atoms with van der Waals surface area (Å²) in [6.45, 7) is 0. The summed E-state index contributed by atoms with van der Waals surface area (Å²) in [7, 11) is 1.50. The molecule has 0 unspecified atom stereocenters. The minimum absolute atomic E-state index is 0.234. The number of methoxy groups -OCH3 is 1. The van der Waals surface area contributed by atoms with Gasteiger partial charge in [-0.25, -0.2) is 0 Å². The zero-order valence-electron chi connectivity index (χ0n) is 10.6. The van der Waals surface area contributed by atoms with E-state index in [9.17, 15) is 4.79 Å². The van der Waals surface area contributed by atoms with Crippen LogP contribution in [-0.4, -0.2) is 12.1 Å². The molecule has 3 aromatic rings. The molecule has 0 N–H and O–H groups in total. The van der Waals surface area contributed by atoms with Crippen molar-refractivity contribution in [2.75, 3.05) is 7.11 Å². The molecule has 5 heteroatoms. The van der Waals surface area contributed by atoms with Crippen LogP contribution in [0.3, 0.4) is 0 Å². The first kappa shape index (κ1) is 12.7. The van der Waals surface area contributed by atoms with Gasteiger partial charge in [-0.1, -0.05) is 23.7 Å². The molecule has 1 heterocycles. The third kappa shape index (κ3) is 2.14. The van der Waals surface area contributed by atoms with E-state index in [4.69, 9.17) is 20.8 Å². The number of benzene rings is 2. The minimum atomic E-state index is -0.390. The van der Waals surface area contributed by atoms with Crippen LogP contribution in [-0.2, 0) is 0 Å². The first-order valence-electron chi connectivity index (χ1n) is 5.93. The first-order valence-corrected chi connectivity index (χ1v) is 6.30. The van der Waals surface area contributed by atoms with E-state index in [2.05, 4.69) is 4.98 Å². The number of hydrogen-bond donors (Lipinski definition) is 0. The summed E-state index contributed by atoms with van der Waals surface area (Å²) in [5.41, 5.74) is 0.692. The zero-order chi connectivity index (χ0) is 14.1. The number of halogens is 1. The highest BCUT2D eigenvalue weighted by Gasteiger charge is 2.12. The molecule has 0 saturated carbocycles. The first-order chi connectivity index (χ1) is 9.69. The normalized spacial score (nSPS) is 10.7. The van der Waals surface area contributed by atoms with Crippen LogP contribution in [0.2, 0.25) is 5.02 Å². The van der Waals surface area contributed by atoms with Crippen molar-refractivity contribution in [1.29, 1.82) is 0 Å². The van der Waals surface area contributed by atoms with Crippen LogP contribution in [0.25, 0.3) is 22.4 Å². The Bertz CT molecular complexity index is 842. The Morgan fingerprint density at radius 2 is 2.00 bits per heavy atom. The van der Waals surface area contributed by atoms with Crippen molar-refractivity contribution in [3.8, 4) is 17.2 Å². The molecule has 3 rings (SSSR count). The van der Waals surface area contributed by atoms with E-state index in [1.807, 2.05) is 0 Å². The Morgan fingerprint density at radius 1 is 1.20 bits per heavy atom. The molecule has 1 aromatic heterocycles. The van der Waals surface area contributed by atoms with Crippen LogP contribution in [0.15, 0.2) is 51.7 Å². The van der Waals surface area contributed by atoms with Crippen LogP contribution >= 0.6 is 11.6 Å². The highest BCUT2D eigenvalue weighted by Crippen LogP contribution is 2.26. The van der Waals surface area contributed by atoms with Gasteiger partial charge in [0.2, 0.25) is 5.89 Å². The number of hydrogen-bond acceptors (Lipinski definition) is 4. The molecule has 4 nitrogen and oxygen atoms in total. The van der Waals surface area contributed by atoms with Crippen molar-refractivity contribution in [1.82, 2.24) is 4.98 Å². The Hall–Kier alpha value is -2.33. The van der Waals surface area contributed by atoms with Gasteiger partial charge in [-0.05, 0) is 30.3 Å². The number of rotatable bonds is 2. The second-order valence-electron chi connectivity index (χ2n) is 4.17. The molecule has 20 heavy (non-hydrogen) atoms. The molecule has 0 aliphatic rings. The lowest BCUT2D eigenvalue weighted by Crippen LogP contribution is -2.08. The van der Waals surface area contributed by atoms with E-state index < -0.39 is 5.56 Å². The summed E-state index contributed by atoms with van der Waals surface area (Å²) in [4.78, 5) is 16.1. The van der Waals surface area contributed by atoms with Crippen molar-refractivity contribution in [3.05, 3.63) is 57.8 Å². The maximum atomic E-state index is 12.2. The molecular weight excluding hydrogens is 278 g/mol. The lowest BCUT2D eigenvalue weighted by molar-refractivity contribution is 0.418. The summed E-state index contributed by atoms with van der Waals surface area (Å²) in [6.07, 6.45) is 0. The molecule has 0 atom stereocenters. The molecule has 0 amide bonds. The maximum Gasteiger partial charge on any atom is 0.287 e. The van der Waals surface area contributed by atoms with Gasteiger partial charge in [0.1, 0.15) is 16.7 Å². The molecule has 0 spiro atoms. The van der Waals surface area contributed by atoms with Crippen LogP contribution in [0.1, 0.15) is 0 Å². The predicted molar refractivity (Wildman–Crippen MR) is 77.3 cm³/mol. The molecule has 100 valence electrons. The molecule has 2 aromatic carbocycles. The Kier molecular flexibility index (Phi) is 3.16. The van der Waals surface area contributed by atoms with E-state index in [0.29, 0.717) is 27.3 Å². The topological polar surface area (TPSA) is 52.3 Å². The molecule has 0 saturated heterocycles. The average Bonchev–Trinajstić information content (AvgIpc) is 2.46. The van der Waals surface area contributed by atoms with E-state index in [-0.39, 0.29) is 5.89 Å². The SMILES string of the molecule is COc1cccc2oc(-c3cccc(Cl)c3)nc(=O)c12. The number of ether oxygens (including phenoxy) is 1. The van der Waals surface area contributed by atoms with Gasteiger partial charge >= 0.3 is 0 Å². The van der Waals surface area contributed by atoms with Crippen LogP contribution in [0, 0.1) is 0 Å². The molecule has 0 bridgehead atoms. The Labute approximate surface area is 119 Å². The number of aromatic nitrogens is 1. The van der Waals surface area contributed by atoms with Crippen molar-refractivity contribution in [2.45, 2.75) is 0 Å². The third-order valence-corrected chi connectivity index (χ3v) is 3.14. The second kappa shape index (κ2) is 4.98. The Balaban J connectivity index is 2.28. The molecule has 0 aliphatic carbocycles. The van der Waals surface area contributed by atoms with Gasteiger partial charge in [-0.2, -0.15) is 4.98 Å². The van der Waals surface area contributed by atoms with Gasteiger partial charge < -0.3 is 9.15 Å². The van der Waals surface area contributed by atoms with Crippen LogP contribution in [0.4, 0.5) is 0 Å². The van der Waals surface area contributed by atoms with Gasteiger partial charge in [-0.3, -0.25) is 4.79 Å². The summed E-state index contributed by atoms with van der Waals surface area (Å²) < 4.78 is 10.8. The molecular formula is C15H10ClNO3. The highest BCUT2D eigenvalue weighted by molar-refractivity contribution is 6.30. The monoisotopic (exact) mass is 287 g/mol. The summed E-state index contributed by atoms with van der Waals surface area (Å²) in [5, 5.41) is 0.887. The van der Waals surface area contributed by atoms with Gasteiger partial charge in [0.15, 0.2) is 0 Å². The van der Waals surface area contributed by atoms with E-state index in [1.54, 1.807) is 42.5 Å². The standard InChI is InChI=1S/C15H10ClNO3/c1-19-11-6-3-7-12-13(11)14(18)17-15(20-12)9-4-2-5-10(16)8-9/h2-8H,1H3. The average molecular weight is 288 g/mol. The van der Waals surface area contributed by atoms with Crippen molar-refractivity contribution >= 4 is 22.6 Å². The van der Waals surface area contributed by atoms with Crippen molar-refractivity contribution in [2.24, 2.45) is 0 Å². The summed E-state index contributed by atoms with van der Waals surface area (Å²) >= 11 is 5.93. The molecule has 0 fully saturated rings. The molecule has 0 aliphatic heterocycles. The number of nitrogens with zero attached hydrogens (tertiary/aromatic N) is 1. The van der Waals surface area contributed by atoms with Crippen molar-refractivity contribution < 1.29 is 9.15 Å². The van der Waals surface area contributed by atoms with E-state index in [1.165, 1.54) is 7.11 Å². The fourth-order valence-electron chi connectivity index (χ4n) is 2.00. The third-order valence-electron chi connectivity index (χ3n) is 2.90. The van der Waals surface area contributed by atoms with Gasteiger partial charge in [-0.15, -0.1) is 0 Å². The summed E-state index contributed by atoms with van der Waals surface area (Å²) in [6, 6.07) is 12.1. The molecule has 0 radical (unpaired) electrons. The quantitative estimate of drug-likeness (QED) is 0.724. The van der Waals surface area contributed by atoms with E-state index >= 15 is 0 Å². The smallest absolute Gasteiger partial charge is 0.287 e. The number of fused-ring (bicyclic) bond motifs is 1. The van der Waals surface area contributed by atoms with Gasteiger partial charge in [0.25, 0.3) is 5.56 Å². The maximum absolute atomic E-state index is 12.2. The van der Waals surface area contributed by atoms with Gasteiger partial charge in [0.05, 0.1) is 7.11 Å². The Morgan fingerprint density at radius 3 is 2.75 bits per heavy atom. The van der Waals surface area contributed by atoms with Gasteiger partial charge in [0, 0.05) is 10.6 Å². The lowest BCUT2D eigenvalue weighted by atomic mass is 10.2. The zero-order valence-corrected chi connectivity index (χ0v) is 11.3. The van der Waals surface area contributed by atoms with Crippen LogP contribution in [0.5, 0.6) is 5.75 Å². The van der Waals surface area contributed by atoms with Crippen LogP contribution < -0.4 is 10.3 Å². The minimum Gasteiger partial charge on any atom is -0.496 e. The van der Waals surface area contributed by atoms with Crippen molar-refractivity contribution in [3.63, 3.8) is 0 Å². The fourth-order valence-corrected chi connectivity index (χ4v) is 2.19. The predicted octanol–water partition coefficient (Wildman–Crippen LogP) is 3.52. The fraction of sp³-hybridized carbons (Fsp3) is 0.0667. The second-order valence-corrected chi connectivity index (χ2v) is 4.60. The largest absolute Gasteiger partial charge is 0.496 e. The lowest BCUT2D eigenvalue weighted by Gasteiger charge is -2.05. The highest BCUT2D eigenvalue weighted by atomic mass is 35.5. The van der Waals surface area contributed by atoms with E-state index in [0.717, 1.165) is 0 Å².